The third-order valence-corrected chi connectivity index (χ3v) is 9.19. The zero-order valence-corrected chi connectivity index (χ0v) is 23.9. The monoisotopic (exact) mass is 587 g/mol. The van der Waals surface area contributed by atoms with Crippen LogP contribution in [0.15, 0.2) is 35.1 Å². The molecule has 3 aromatic carbocycles. The van der Waals surface area contributed by atoms with Gasteiger partial charge in [0, 0.05) is 29.5 Å². The maximum atomic E-state index is 16.8. The third-order valence-electron chi connectivity index (χ3n) is 9.19. The number of halogens is 2. The Hall–Kier alpha value is -4.20. The van der Waals surface area contributed by atoms with Crippen LogP contribution < -0.4 is 15.0 Å². The standard InChI is InChI=1S/C33H31F2N3O5/c1-4-21-24(34)8-7-18-12-20(39)13-22(28(18)21)23-14-27-31-30(29(23)35)36-32(43-17(2)25-6-5-10-37(25)3)33(40)38(31)26(16-42-27)19-9-11-41-15-19/h1,7-8,12-14,17,19,25-26,39H,5-6,9-11,15-16H2,2-3H3/t17-,19?,25-,26?/m0/s1. The number of likely N-dealkylation sites (N-methyl/N-ethyl adjacent to an activating group) is 1. The van der Waals surface area contributed by atoms with E-state index in [1.54, 1.807) is 4.57 Å². The van der Waals surface area contributed by atoms with Gasteiger partial charge < -0.3 is 19.3 Å². The van der Waals surface area contributed by atoms with Crippen LogP contribution in [0, 0.1) is 29.9 Å². The number of phenols is 1. The van der Waals surface area contributed by atoms with Gasteiger partial charge in [0.25, 0.3) is 5.88 Å². The van der Waals surface area contributed by atoms with E-state index in [-0.39, 0.29) is 75.2 Å². The number of terminal acetylenes is 1. The van der Waals surface area contributed by atoms with Crippen molar-refractivity contribution < 1.29 is 28.1 Å². The number of aromatic hydroxyl groups is 1. The van der Waals surface area contributed by atoms with Gasteiger partial charge in [0.05, 0.1) is 18.2 Å². The van der Waals surface area contributed by atoms with E-state index in [1.807, 2.05) is 14.0 Å². The molecule has 4 aromatic rings. The van der Waals surface area contributed by atoms with Gasteiger partial charge in [-0.3, -0.25) is 14.3 Å². The number of aromatic nitrogens is 2. The molecule has 2 unspecified atom stereocenters. The van der Waals surface area contributed by atoms with Gasteiger partial charge in [0.15, 0.2) is 5.82 Å². The number of ether oxygens (including phenoxy) is 3. The summed E-state index contributed by atoms with van der Waals surface area (Å²) in [6.07, 6.45) is 7.98. The fourth-order valence-electron chi connectivity index (χ4n) is 7.01. The van der Waals surface area contributed by atoms with Crippen molar-refractivity contribution in [2.45, 2.75) is 44.4 Å². The summed E-state index contributed by atoms with van der Waals surface area (Å²) in [6.45, 7) is 4.00. The molecular weight excluding hydrogens is 556 g/mol. The lowest BCUT2D eigenvalue weighted by Crippen LogP contribution is -2.41. The van der Waals surface area contributed by atoms with Crippen molar-refractivity contribution in [2.75, 3.05) is 33.4 Å². The molecule has 3 aliphatic heterocycles. The van der Waals surface area contributed by atoms with Crippen molar-refractivity contribution in [1.29, 1.82) is 0 Å². The molecule has 222 valence electrons. The highest BCUT2D eigenvalue weighted by atomic mass is 19.1. The Morgan fingerprint density at radius 2 is 2.02 bits per heavy atom. The van der Waals surface area contributed by atoms with Crippen LogP contribution in [0.25, 0.3) is 32.9 Å². The summed E-state index contributed by atoms with van der Waals surface area (Å²) in [7, 11) is 2.01. The number of hydrogen-bond donors (Lipinski definition) is 1. The first kappa shape index (κ1) is 27.6. The van der Waals surface area contributed by atoms with E-state index in [9.17, 15) is 14.3 Å². The third kappa shape index (κ3) is 4.41. The quantitative estimate of drug-likeness (QED) is 0.329. The first-order valence-corrected chi connectivity index (χ1v) is 14.5. The van der Waals surface area contributed by atoms with Gasteiger partial charge in [-0.1, -0.05) is 12.0 Å². The minimum atomic E-state index is -0.769. The topological polar surface area (TPSA) is 86.1 Å². The Morgan fingerprint density at radius 3 is 2.74 bits per heavy atom. The molecule has 2 fully saturated rings. The van der Waals surface area contributed by atoms with Gasteiger partial charge in [-0.05, 0) is 75.0 Å². The molecule has 43 heavy (non-hydrogen) atoms. The number of fused-ring (bicyclic) bond motifs is 1. The molecule has 0 amide bonds. The molecule has 0 spiro atoms. The average molecular weight is 588 g/mol. The van der Waals surface area contributed by atoms with Gasteiger partial charge in [0.2, 0.25) is 0 Å². The molecule has 1 aromatic heterocycles. The fraction of sp³-hybridized carbons (Fsp3) is 0.394. The molecule has 3 aliphatic rings. The Labute approximate surface area is 246 Å². The highest BCUT2D eigenvalue weighted by Gasteiger charge is 2.37. The van der Waals surface area contributed by atoms with Crippen LogP contribution in [-0.4, -0.2) is 65.1 Å². The first-order chi connectivity index (χ1) is 20.8. The molecule has 1 N–H and O–H groups in total. The molecule has 0 radical (unpaired) electrons. The van der Waals surface area contributed by atoms with Crippen molar-refractivity contribution in [3.63, 3.8) is 0 Å². The van der Waals surface area contributed by atoms with Crippen molar-refractivity contribution in [3.05, 3.63) is 57.9 Å². The molecule has 7 rings (SSSR count). The summed E-state index contributed by atoms with van der Waals surface area (Å²) in [6, 6.07) is 6.61. The molecule has 4 heterocycles. The zero-order valence-electron chi connectivity index (χ0n) is 23.9. The minimum Gasteiger partial charge on any atom is -0.508 e. The van der Waals surface area contributed by atoms with Crippen LogP contribution in [0.3, 0.4) is 0 Å². The highest BCUT2D eigenvalue weighted by molar-refractivity contribution is 6.03. The molecule has 2 saturated heterocycles. The van der Waals surface area contributed by atoms with Crippen LogP contribution in [0.5, 0.6) is 17.4 Å². The zero-order chi connectivity index (χ0) is 30.0. The molecule has 10 heteroatoms. The molecule has 0 saturated carbocycles. The Morgan fingerprint density at radius 1 is 1.19 bits per heavy atom. The average Bonchev–Trinajstić information content (AvgIpc) is 3.68. The van der Waals surface area contributed by atoms with E-state index >= 15 is 4.39 Å². The lowest BCUT2D eigenvalue weighted by molar-refractivity contribution is 0.111. The number of nitrogens with zero attached hydrogens (tertiary/aromatic N) is 3. The predicted octanol–water partition coefficient (Wildman–Crippen LogP) is 5.01. The Balaban J connectivity index is 1.49. The van der Waals surface area contributed by atoms with E-state index in [2.05, 4.69) is 15.8 Å². The van der Waals surface area contributed by atoms with Crippen LogP contribution >= 0.6 is 0 Å². The van der Waals surface area contributed by atoms with Gasteiger partial charge in [-0.15, -0.1) is 6.42 Å². The number of phenolic OH excluding ortho intramolecular Hbond substituents is 1. The fourth-order valence-corrected chi connectivity index (χ4v) is 7.01. The summed E-state index contributed by atoms with van der Waals surface area (Å²) in [5.41, 5.74) is -0.225. The smallest absolute Gasteiger partial charge is 0.314 e. The highest BCUT2D eigenvalue weighted by Crippen LogP contribution is 2.44. The second kappa shape index (κ2) is 10.5. The second-order valence-corrected chi connectivity index (χ2v) is 11.7. The van der Waals surface area contributed by atoms with Gasteiger partial charge >= 0.3 is 5.56 Å². The van der Waals surface area contributed by atoms with Crippen molar-refractivity contribution >= 4 is 21.8 Å². The van der Waals surface area contributed by atoms with Crippen molar-refractivity contribution in [2.24, 2.45) is 5.92 Å². The largest absolute Gasteiger partial charge is 0.508 e. The molecule has 8 nitrogen and oxygen atoms in total. The lowest BCUT2D eigenvalue weighted by Gasteiger charge is -2.32. The SMILES string of the molecule is C#Cc1c(F)ccc2cc(O)cc(-c3cc4c5c(nc(O[C@@H](C)[C@@H]6CCCN6C)c(=O)n5C(C5CCOC5)CO4)c3F)c12. The van der Waals surface area contributed by atoms with E-state index < -0.39 is 23.2 Å². The van der Waals surface area contributed by atoms with E-state index in [4.69, 9.17) is 20.6 Å². The number of benzene rings is 3. The maximum Gasteiger partial charge on any atom is 0.314 e. The summed E-state index contributed by atoms with van der Waals surface area (Å²) in [5, 5.41) is 11.3. The van der Waals surface area contributed by atoms with Crippen LogP contribution in [0.2, 0.25) is 0 Å². The Kier molecular flexibility index (Phi) is 6.75. The normalized spacial score (nSPS) is 22.5. The van der Waals surface area contributed by atoms with E-state index in [0.717, 1.165) is 25.8 Å². The summed E-state index contributed by atoms with van der Waals surface area (Å²) < 4.78 is 51.3. The van der Waals surface area contributed by atoms with Gasteiger partial charge in [0.1, 0.15) is 41.1 Å². The van der Waals surface area contributed by atoms with Gasteiger partial charge in [-0.2, -0.15) is 0 Å². The van der Waals surface area contributed by atoms with Gasteiger partial charge in [-0.25, -0.2) is 13.8 Å². The van der Waals surface area contributed by atoms with Crippen LogP contribution in [0.4, 0.5) is 8.78 Å². The van der Waals surface area contributed by atoms with Crippen LogP contribution in [-0.2, 0) is 4.74 Å². The van der Waals surface area contributed by atoms with Crippen molar-refractivity contribution in [3.8, 4) is 40.8 Å². The van der Waals surface area contributed by atoms with Crippen LogP contribution in [0.1, 0.15) is 37.8 Å². The summed E-state index contributed by atoms with van der Waals surface area (Å²) in [4.78, 5) is 20.7. The second-order valence-electron chi connectivity index (χ2n) is 11.7. The van der Waals surface area contributed by atoms with Crippen molar-refractivity contribution in [1.82, 2.24) is 14.5 Å². The predicted molar refractivity (Wildman–Crippen MR) is 158 cm³/mol. The van der Waals surface area contributed by atoms with E-state index in [1.165, 1.54) is 30.3 Å². The maximum absolute atomic E-state index is 16.8. The lowest BCUT2D eigenvalue weighted by atomic mass is 9.92. The molecule has 4 atom stereocenters. The number of rotatable bonds is 5. The molecule has 0 aliphatic carbocycles. The first-order valence-electron chi connectivity index (χ1n) is 14.5. The number of likely N-dealkylation sites (tertiary alicyclic amines) is 1. The number of hydrogen-bond acceptors (Lipinski definition) is 7. The Bertz CT molecular complexity index is 1880. The molecular formula is C33H31F2N3O5. The summed E-state index contributed by atoms with van der Waals surface area (Å²) >= 11 is 0. The van der Waals surface area contributed by atoms with E-state index in [0.29, 0.717) is 18.6 Å². The minimum absolute atomic E-state index is 0.000346. The summed E-state index contributed by atoms with van der Waals surface area (Å²) in [5.74, 6) is 0.854. The molecule has 0 bridgehead atoms.